The molecule has 0 radical (unpaired) electrons. The summed E-state index contributed by atoms with van der Waals surface area (Å²) in [6.45, 7) is 4.97. The van der Waals surface area contributed by atoms with Gasteiger partial charge in [0.2, 0.25) is 5.91 Å². The number of aliphatic hydroxyl groups excluding tert-OH is 2. The Morgan fingerprint density at radius 1 is 0.394 bits per heavy atom. The maximum atomic E-state index is 12.5. The third-order valence-electron chi connectivity index (χ3n) is 15.0. The van der Waals surface area contributed by atoms with Gasteiger partial charge in [0, 0.05) is 12.8 Å². The molecule has 0 fully saturated rings. The lowest BCUT2D eigenvalue weighted by molar-refractivity contribution is -0.143. The highest BCUT2D eigenvalue weighted by atomic mass is 16.5. The molecule has 0 spiro atoms. The summed E-state index contributed by atoms with van der Waals surface area (Å²) in [4.78, 5) is 24.5. The molecule has 0 aromatic heterocycles. The lowest BCUT2D eigenvalue weighted by Gasteiger charge is -2.22. The van der Waals surface area contributed by atoms with Crippen molar-refractivity contribution in [2.75, 3.05) is 13.2 Å². The van der Waals surface area contributed by atoms with E-state index in [-0.39, 0.29) is 18.5 Å². The van der Waals surface area contributed by atoms with E-state index in [1.807, 2.05) is 0 Å². The van der Waals surface area contributed by atoms with E-state index < -0.39 is 12.1 Å². The minimum absolute atomic E-state index is 0.0123. The Labute approximate surface area is 443 Å². The van der Waals surface area contributed by atoms with E-state index in [2.05, 4.69) is 43.5 Å². The molecule has 0 saturated heterocycles. The summed E-state index contributed by atoms with van der Waals surface area (Å²) in [6, 6.07) is -0.545. The van der Waals surface area contributed by atoms with Gasteiger partial charge >= 0.3 is 5.97 Å². The number of amides is 1. The molecule has 1 amide bonds. The molecule has 0 bridgehead atoms. The molecule has 6 nitrogen and oxygen atoms in total. The van der Waals surface area contributed by atoms with Gasteiger partial charge in [-0.1, -0.05) is 308 Å². The van der Waals surface area contributed by atoms with Crippen LogP contribution in [0, 0.1) is 0 Å². The summed E-state index contributed by atoms with van der Waals surface area (Å²) in [6.07, 6.45) is 74.8. The van der Waals surface area contributed by atoms with Crippen LogP contribution in [0.15, 0.2) is 24.3 Å². The summed E-state index contributed by atoms with van der Waals surface area (Å²) in [5.74, 6) is -0.0271. The molecular formula is C65H125NO5. The molecule has 71 heavy (non-hydrogen) atoms. The molecule has 0 heterocycles. The van der Waals surface area contributed by atoms with Crippen LogP contribution in [0.25, 0.3) is 0 Å². The topological polar surface area (TPSA) is 95.9 Å². The number of aliphatic hydroxyl groups is 2. The Kier molecular flexibility index (Phi) is 59.5. The van der Waals surface area contributed by atoms with Crippen molar-refractivity contribution in [2.24, 2.45) is 0 Å². The smallest absolute Gasteiger partial charge is 0.305 e. The molecule has 6 heteroatoms. The average molecular weight is 1000 g/mol. The second-order valence-corrected chi connectivity index (χ2v) is 22.1. The standard InChI is InChI=1S/C65H125NO5/c1-3-5-7-9-11-13-15-17-30-35-39-43-47-51-55-59-65(70)71-60-56-52-48-44-40-36-32-29-27-25-23-21-19-20-22-24-26-28-31-34-38-42-46-50-54-58-64(69)66-62(61-67)63(68)57-53-49-45-41-37-33-18-16-14-12-10-8-6-4-2/h20-23,62-63,67-68H,3-19,24-61H2,1-2H3,(H,66,69)/b22-20-,23-21-. The molecule has 3 N–H and O–H groups in total. The van der Waals surface area contributed by atoms with Crippen LogP contribution >= 0.6 is 0 Å². The molecule has 0 aliphatic rings. The molecule has 2 unspecified atom stereocenters. The van der Waals surface area contributed by atoms with Gasteiger partial charge in [-0.15, -0.1) is 0 Å². The molecule has 0 aromatic carbocycles. The first-order chi connectivity index (χ1) is 35.0. The van der Waals surface area contributed by atoms with Gasteiger partial charge in [-0.25, -0.2) is 0 Å². The zero-order valence-electron chi connectivity index (χ0n) is 48.0. The van der Waals surface area contributed by atoms with Gasteiger partial charge in [0.1, 0.15) is 0 Å². The summed E-state index contributed by atoms with van der Waals surface area (Å²) in [5, 5.41) is 23.3. The van der Waals surface area contributed by atoms with E-state index in [4.69, 9.17) is 4.74 Å². The van der Waals surface area contributed by atoms with Gasteiger partial charge in [-0.3, -0.25) is 9.59 Å². The quantitative estimate of drug-likeness (QED) is 0.0320. The minimum Gasteiger partial charge on any atom is -0.466 e. The minimum atomic E-state index is -0.667. The van der Waals surface area contributed by atoms with Crippen LogP contribution in [0.3, 0.4) is 0 Å². The highest BCUT2D eigenvalue weighted by Gasteiger charge is 2.20. The zero-order valence-corrected chi connectivity index (χ0v) is 48.0. The Bertz CT molecular complexity index is 1110. The molecule has 0 aliphatic heterocycles. The maximum Gasteiger partial charge on any atom is 0.305 e. The number of hydrogen-bond acceptors (Lipinski definition) is 5. The predicted molar refractivity (Wildman–Crippen MR) is 310 cm³/mol. The summed E-state index contributed by atoms with van der Waals surface area (Å²) >= 11 is 0. The molecular weight excluding hydrogens is 875 g/mol. The van der Waals surface area contributed by atoms with Crippen LogP contribution in [0.1, 0.15) is 354 Å². The number of unbranched alkanes of at least 4 members (excludes halogenated alkanes) is 45. The second kappa shape index (κ2) is 60.9. The van der Waals surface area contributed by atoms with Crippen LogP contribution in [-0.2, 0) is 14.3 Å². The Morgan fingerprint density at radius 3 is 1.07 bits per heavy atom. The van der Waals surface area contributed by atoms with Gasteiger partial charge in [0.15, 0.2) is 0 Å². The van der Waals surface area contributed by atoms with Crippen molar-refractivity contribution in [3.63, 3.8) is 0 Å². The normalized spacial score (nSPS) is 12.7. The lowest BCUT2D eigenvalue weighted by Crippen LogP contribution is -2.45. The lowest BCUT2D eigenvalue weighted by atomic mass is 10.0. The van der Waals surface area contributed by atoms with Gasteiger partial charge < -0.3 is 20.3 Å². The van der Waals surface area contributed by atoms with Crippen molar-refractivity contribution in [2.45, 2.75) is 366 Å². The number of rotatable bonds is 60. The monoisotopic (exact) mass is 1000 g/mol. The first-order valence-electron chi connectivity index (χ1n) is 32.1. The third kappa shape index (κ3) is 57.5. The highest BCUT2D eigenvalue weighted by molar-refractivity contribution is 5.76. The Hall–Kier alpha value is -1.66. The van der Waals surface area contributed by atoms with Gasteiger partial charge in [0.05, 0.1) is 25.4 Å². The SMILES string of the molecule is CCCCCCCCCCCCCCCCCC(=O)OCCCCCCCCCCC/C=C\C/C=C\CCCCCCCCCCCC(=O)NC(CO)C(O)CCCCCCCCCCCCCCCC. The Morgan fingerprint density at radius 2 is 0.704 bits per heavy atom. The number of hydrogen-bond donors (Lipinski definition) is 3. The van der Waals surface area contributed by atoms with Gasteiger partial charge in [-0.2, -0.15) is 0 Å². The van der Waals surface area contributed by atoms with Crippen molar-refractivity contribution in [3.05, 3.63) is 24.3 Å². The number of carbonyl (C=O) groups is 2. The molecule has 420 valence electrons. The summed E-state index contributed by atoms with van der Waals surface area (Å²) < 4.78 is 5.49. The third-order valence-corrected chi connectivity index (χ3v) is 15.0. The largest absolute Gasteiger partial charge is 0.466 e. The van der Waals surface area contributed by atoms with Gasteiger partial charge in [0.25, 0.3) is 0 Å². The number of ether oxygens (including phenoxy) is 1. The van der Waals surface area contributed by atoms with Crippen LogP contribution in [0.4, 0.5) is 0 Å². The maximum absolute atomic E-state index is 12.5. The van der Waals surface area contributed by atoms with Crippen molar-refractivity contribution in [1.29, 1.82) is 0 Å². The number of esters is 1. The van der Waals surface area contributed by atoms with E-state index in [9.17, 15) is 19.8 Å². The summed E-state index contributed by atoms with van der Waals surface area (Å²) in [7, 11) is 0. The zero-order chi connectivity index (χ0) is 51.4. The van der Waals surface area contributed by atoms with E-state index >= 15 is 0 Å². The predicted octanol–water partition coefficient (Wildman–Crippen LogP) is 20.2. The highest BCUT2D eigenvalue weighted by Crippen LogP contribution is 2.18. The van der Waals surface area contributed by atoms with Crippen molar-refractivity contribution in [1.82, 2.24) is 5.32 Å². The fourth-order valence-electron chi connectivity index (χ4n) is 10.1. The van der Waals surface area contributed by atoms with E-state index in [1.54, 1.807) is 0 Å². The number of carbonyl (C=O) groups excluding carboxylic acids is 2. The fourth-order valence-corrected chi connectivity index (χ4v) is 10.1. The van der Waals surface area contributed by atoms with Gasteiger partial charge in [-0.05, 0) is 57.8 Å². The van der Waals surface area contributed by atoms with Crippen molar-refractivity contribution >= 4 is 11.9 Å². The van der Waals surface area contributed by atoms with E-state index in [0.29, 0.717) is 25.9 Å². The van der Waals surface area contributed by atoms with E-state index in [0.717, 1.165) is 44.9 Å². The average Bonchev–Trinajstić information content (AvgIpc) is 3.37. The number of allylic oxidation sites excluding steroid dienone is 4. The van der Waals surface area contributed by atoms with Crippen LogP contribution < -0.4 is 5.32 Å². The van der Waals surface area contributed by atoms with Crippen LogP contribution in [0.5, 0.6) is 0 Å². The molecule has 0 saturated carbocycles. The Balaban J connectivity index is 3.41. The van der Waals surface area contributed by atoms with Crippen LogP contribution in [0.2, 0.25) is 0 Å². The second-order valence-electron chi connectivity index (χ2n) is 22.1. The van der Waals surface area contributed by atoms with Crippen molar-refractivity contribution in [3.8, 4) is 0 Å². The molecule has 2 atom stereocenters. The number of nitrogens with one attached hydrogen (secondary N) is 1. The van der Waals surface area contributed by atoms with Crippen molar-refractivity contribution < 1.29 is 24.5 Å². The first-order valence-corrected chi connectivity index (χ1v) is 32.1. The molecule has 0 aliphatic carbocycles. The molecule has 0 rings (SSSR count). The summed E-state index contributed by atoms with van der Waals surface area (Å²) in [5.41, 5.74) is 0. The van der Waals surface area contributed by atoms with Crippen LogP contribution in [-0.4, -0.2) is 47.4 Å². The molecule has 0 aromatic rings. The fraction of sp³-hybridized carbons (Fsp3) is 0.908. The van der Waals surface area contributed by atoms with E-state index in [1.165, 1.54) is 276 Å². The first kappa shape index (κ1) is 69.3.